The predicted molar refractivity (Wildman–Crippen MR) is 118 cm³/mol. The third-order valence-electron chi connectivity index (χ3n) is 5.58. The Morgan fingerprint density at radius 3 is 2.56 bits per heavy atom. The Labute approximate surface area is 184 Å². The minimum Gasteiger partial charge on any atom is -0.504 e. The van der Waals surface area contributed by atoms with Gasteiger partial charge in [-0.05, 0) is 54.1 Å². The molecule has 8 nitrogen and oxygen atoms in total. The van der Waals surface area contributed by atoms with E-state index in [4.69, 9.17) is 9.47 Å². The third-order valence-corrected chi connectivity index (χ3v) is 5.58. The van der Waals surface area contributed by atoms with Crippen molar-refractivity contribution in [3.05, 3.63) is 83.8 Å². The van der Waals surface area contributed by atoms with Gasteiger partial charge in [0.05, 0.1) is 37.8 Å². The number of rotatable bonds is 5. The average Bonchev–Trinajstić information content (AvgIpc) is 3.39. The van der Waals surface area contributed by atoms with Crippen LogP contribution in [-0.2, 0) is 0 Å². The highest BCUT2D eigenvalue weighted by molar-refractivity contribution is 6.11. The highest BCUT2D eigenvalue weighted by atomic mass is 16.5. The minimum atomic E-state index is -0.493. The Hall–Kier alpha value is -4.33. The van der Waals surface area contributed by atoms with Crippen LogP contribution in [0.3, 0.4) is 0 Å². The van der Waals surface area contributed by atoms with E-state index >= 15 is 0 Å². The van der Waals surface area contributed by atoms with E-state index < -0.39 is 6.04 Å². The number of nitrogens with zero attached hydrogens (tertiary/aromatic N) is 3. The molecule has 0 spiro atoms. The van der Waals surface area contributed by atoms with Gasteiger partial charge in [-0.3, -0.25) is 19.8 Å². The summed E-state index contributed by atoms with van der Waals surface area (Å²) in [5.41, 5.74) is 4.10. The van der Waals surface area contributed by atoms with Crippen LogP contribution >= 0.6 is 0 Å². The van der Waals surface area contributed by atoms with Crippen LogP contribution in [0.25, 0.3) is 11.3 Å². The molecule has 5 rings (SSSR count). The zero-order valence-electron chi connectivity index (χ0n) is 17.4. The quantitative estimate of drug-likeness (QED) is 0.499. The molecular formula is C24H20N4O4. The second-order valence-corrected chi connectivity index (χ2v) is 7.31. The molecule has 2 aromatic carbocycles. The molecule has 2 N–H and O–H groups in total. The molecule has 8 heteroatoms. The van der Waals surface area contributed by atoms with Crippen molar-refractivity contribution in [1.29, 1.82) is 0 Å². The fraction of sp³-hybridized carbons (Fsp3) is 0.125. The van der Waals surface area contributed by atoms with E-state index in [1.165, 1.54) is 7.11 Å². The molecule has 0 aliphatic carbocycles. The largest absolute Gasteiger partial charge is 0.504 e. The first-order chi connectivity index (χ1) is 15.6. The Bertz CT molecular complexity index is 1290. The molecule has 0 bridgehead atoms. The van der Waals surface area contributed by atoms with Gasteiger partial charge in [-0.2, -0.15) is 5.10 Å². The van der Waals surface area contributed by atoms with Crippen molar-refractivity contribution in [2.24, 2.45) is 0 Å². The number of aromatic nitrogens is 3. The van der Waals surface area contributed by atoms with E-state index in [1.54, 1.807) is 48.7 Å². The van der Waals surface area contributed by atoms with Gasteiger partial charge in [-0.15, -0.1) is 0 Å². The molecule has 4 aromatic rings. The highest BCUT2D eigenvalue weighted by Crippen LogP contribution is 2.46. The van der Waals surface area contributed by atoms with Gasteiger partial charge >= 0.3 is 0 Å². The number of methoxy groups -OCH3 is 2. The number of hydrogen-bond donors (Lipinski definition) is 2. The van der Waals surface area contributed by atoms with Crippen molar-refractivity contribution >= 4 is 11.6 Å². The summed E-state index contributed by atoms with van der Waals surface area (Å²) >= 11 is 0. The summed E-state index contributed by atoms with van der Waals surface area (Å²) in [4.78, 5) is 19.3. The third kappa shape index (κ3) is 3.04. The fourth-order valence-corrected chi connectivity index (χ4v) is 4.06. The van der Waals surface area contributed by atoms with Gasteiger partial charge < -0.3 is 14.6 Å². The van der Waals surface area contributed by atoms with E-state index in [0.717, 1.165) is 22.4 Å². The Balaban J connectivity index is 1.71. The Morgan fingerprint density at radius 1 is 1.06 bits per heavy atom. The first kappa shape index (κ1) is 19.6. The summed E-state index contributed by atoms with van der Waals surface area (Å²) in [6, 6.07) is 15.7. The van der Waals surface area contributed by atoms with Gasteiger partial charge in [-0.1, -0.05) is 6.07 Å². The van der Waals surface area contributed by atoms with Crippen LogP contribution in [0.15, 0.2) is 67.0 Å². The maximum Gasteiger partial charge on any atom is 0.277 e. The van der Waals surface area contributed by atoms with E-state index in [9.17, 15) is 9.90 Å². The van der Waals surface area contributed by atoms with Crippen LogP contribution in [0.5, 0.6) is 17.2 Å². The molecule has 1 aliphatic rings. The van der Waals surface area contributed by atoms with Crippen molar-refractivity contribution in [2.75, 3.05) is 19.1 Å². The summed E-state index contributed by atoms with van der Waals surface area (Å²) in [6.45, 7) is 0. The zero-order valence-corrected chi connectivity index (χ0v) is 17.4. The number of amides is 1. The monoisotopic (exact) mass is 428 g/mol. The number of pyridine rings is 1. The number of hydrogen-bond acceptors (Lipinski definition) is 6. The molecule has 1 amide bonds. The predicted octanol–water partition coefficient (Wildman–Crippen LogP) is 3.94. The van der Waals surface area contributed by atoms with Gasteiger partial charge in [0.25, 0.3) is 5.91 Å². The average molecular weight is 428 g/mol. The van der Waals surface area contributed by atoms with Gasteiger partial charge in [-0.25, -0.2) is 0 Å². The van der Waals surface area contributed by atoms with E-state index in [2.05, 4.69) is 15.2 Å². The second-order valence-electron chi connectivity index (χ2n) is 7.31. The van der Waals surface area contributed by atoms with Crippen molar-refractivity contribution in [3.63, 3.8) is 0 Å². The normalized spacial score (nSPS) is 15.0. The number of nitrogens with one attached hydrogen (secondary N) is 1. The molecule has 1 atom stereocenters. The molecule has 0 saturated carbocycles. The van der Waals surface area contributed by atoms with Gasteiger partial charge in [0.2, 0.25) is 0 Å². The maximum atomic E-state index is 13.5. The van der Waals surface area contributed by atoms with Crippen LogP contribution in [0.1, 0.15) is 27.7 Å². The van der Waals surface area contributed by atoms with Crippen molar-refractivity contribution in [2.45, 2.75) is 6.04 Å². The lowest BCUT2D eigenvalue weighted by Crippen LogP contribution is -2.29. The van der Waals surface area contributed by atoms with Crippen LogP contribution in [0.4, 0.5) is 5.69 Å². The Kier molecular flexibility index (Phi) is 4.74. The van der Waals surface area contributed by atoms with Gasteiger partial charge in [0, 0.05) is 17.3 Å². The molecule has 2 aromatic heterocycles. The lowest BCUT2D eigenvalue weighted by Gasteiger charge is -2.26. The summed E-state index contributed by atoms with van der Waals surface area (Å²) in [5.74, 6) is 0.867. The van der Waals surface area contributed by atoms with E-state index in [1.807, 2.05) is 30.3 Å². The maximum absolute atomic E-state index is 13.5. The SMILES string of the molecule is COc1ccc(-c2n[nH]c3c2[C@H](c2ccc(O)c(OC)c2)N(c2cccnc2)C3=O)cc1. The fourth-order valence-electron chi connectivity index (χ4n) is 4.06. The van der Waals surface area contributed by atoms with Crippen LogP contribution in [-0.4, -0.2) is 40.4 Å². The number of H-pyrrole nitrogens is 1. The number of anilines is 1. The molecule has 32 heavy (non-hydrogen) atoms. The van der Waals surface area contributed by atoms with E-state index in [0.29, 0.717) is 22.8 Å². The number of ether oxygens (including phenoxy) is 2. The molecule has 0 fully saturated rings. The number of carbonyl (C=O) groups excluding carboxylic acids is 1. The zero-order chi connectivity index (χ0) is 22.2. The summed E-state index contributed by atoms with van der Waals surface area (Å²) in [6.07, 6.45) is 3.31. The van der Waals surface area contributed by atoms with Crippen molar-refractivity contribution < 1.29 is 19.4 Å². The Morgan fingerprint density at radius 2 is 1.88 bits per heavy atom. The van der Waals surface area contributed by atoms with E-state index in [-0.39, 0.29) is 11.7 Å². The van der Waals surface area contributed by atoms with Crippen LogP contribution < -0.4 is 14.4 Å². The number of aromatic hydroxyl groups is 1. The topological polar surface area (TPSA) is 101 Å². The van der Waals surface area contributed by atoms with Crippen molar-refractivity contribution in [3.8, 4) is 28.5 Å². The highest BCUT2D eigenvalue weighted by Gasteiger charge is 2.43. The standard InChI is InChI=1S/C24H20N4O4/c1-31-17-8-5-14(6-9-17)21-20-22(27-26-21)24(30)28(16-4-3-11-25-13-16)23(20)15-7-10-18(29)19(12-15)32-2/h3-13,23,29H,1-2H3,(H,26,27)/t23-/m0/s1. The van der Waals surface area contributed by atoms with Crippen LogP contribution in [0.2, 0.25) is 0 Å². The number of phenols is 1. The number of fused-ring (bicyclic) bond motifs is 1. The van der Waals surface area contributed by atoms with Crippen molar-refractivity contribution in [1.82, 2.24) is 15.2 Å². The summed E-state index contributed by atoms with van der Waals surface area (Å²) < 4.78 is 10.6. The number of aromatic amines is 1. The molecule has 0 unspecified atom stereocenters. The van der Waals surface area contributed by atoms with Gasteiger partial charge in [0.15, 0.2) is 11.5 Å². The molecule has 1 aliphatic heterocycles. The smallest absolute Gasteiger partial charge is 0.277 e. The summed E-state index contributed by atoms with van der Waals surface area (Å²) in [7, 11) is 3.10. The minimum absolute atomic E-state index is 0.0243. The molecule has 3 heterocycles. The number of benzene rings is 2. The molecule has 0 saturated heterocycles. The number of phenolic OH excluding ortho intramolecular Hbond substituents is 1. The van der Waals surface area contributed by atoms with Gasteiger partial charge in [0.1, 0.15) is 11.4 Å². The summed E-state index contributed by atoms with van der Waals surface area (Å²) in [5, 5.41) is 17.5. The number of carbonyl (C=O) groups is 1. The lowest BCUT2D eigenvalue weighted by atomic mass is 9.95. The second kappa shape index (κ2) is 7.73. The first-order valence-electron chi connectivity index (χ1n) is 9.95. The first-order valence-corrected chi connectivity index (χ1v) is 9.95. The van der Waals surface area contributed by atoms with Crippen LogP contribution in [0, 0.1) is 0 Å². The molecule has 0 radical (unpaired) electrons. The molecular weight excluding hydrogens is 408 g/mol. The lowest BCUT2D eigenvalue weighted by molar-refractivity contribution is 0.0988. The molecule has 160 valence electrons.